The van der Waals surface area contributed by atoms with Crippen LogP contribution in [0.3, 0.4) is 0 Å². The quantitative estimate of drug-likeness (QED) is 0.770. The molecule has 3 aliphatic heterocycles. The number of fused-ring (bicyclic) bond motifs is 4. The molecule has 3 aliphatic rings. The van der Waals surface area contributed by atoms with E-state index in [1.54, 1.807) is 0 Å². The SMILES string of the molecule is CC[C@H](C)[C@H]1N[C@]2(C(=O)Nc3ccccc32)[C@@H]2C(=O)N(Cc3ccccc3)C(=O)[C@@H]12. The zero-order valence-electron chi connectivity index (χ0n) is 17.1. The first-order chi connectivity index (χ1) is 14.5. The van der Waals surface area contributed by atoms with Crippen molar-refractivity contribution in [1.82, 2.24) is 10.2 Å². The van der Waals surface area contributed by atoms with Crippen LogP contribution in [0.5, 0.6) is 0 Å². The third-order valence-electron chi connectivity index (χ3n) is 7.09. The molecule has 2 aromatic carbocycles. The molecule has 6 nitrogen and oxygen atoms in total. The number of para-hydroxylation sites is 1. The second kappa shape index (κ2) is 6.77. The molecule has 3 heterocycles. The van der Waals surface area contributed by atoms with Crippen LogP contribution in [0.4, 0.5) is 5.69 Å². The number of hydrogen-bond donors (Lipinski definition) is 2. The Bertz CT molecular complexity index is 1040. The Morgan fingerprint density at radius 1 is 1.00 bits per heavy atom. The highest BCUT2D eigenvalue weighted by Crippen LogP contribution is 2.54. The van der Waals surface area contributed by atoms with Gasteiger partial charge in [0, 0.05) is 17.3 Å². The van der Waals surface area contributed by atoms with E-state index in [4.69, 9.17) is 0 Å². The molecule has 0 unspecified atom stereocenters. The van der Waals surface area contributed by atoms with Crippen LogP contribution >= 0.6 is 0 Å². The van der Waals surface area contributed by atoms with Gasteiger partial charge in [0.25, 0.3) is 0 Å². The molecule has 0 saturated carbocycles. The van der Waals surface area contributed by atoms with E-state index in [9.17, 15) is 14.4 Å². The standard InChI is InChI=1S/C24H25N3O3/c1-3-14(2)20-18-19(22(29)27(21(18)28)13-15-9-5-4-6-10-15)24(26-20)16-11-7-8-12-17(16)25-23(24)30/h4-12,14,18-20,26H,3,13H2,1-2H3,(H,25,30)/t14-,18+,19-,20+,24-/m0/s1. The van der Waals surface area contributed by atoms with Gasteiger partial charge in [0.1, 0.15) is 5.54 Å². The highest BCUT2D eigenvalue weighted by Gasteiger charge is 2.70. The number of hydrogen-bond acceptors (Lipinski definition) is 4. The number of nitrogens with one attached hydrogen (secondary N) is 2. The van der Waals surface area contributed by atoms with Crippen LogP contribution in [0, 0.1) is 17.8 Å². The van der Waals surface area contributed by atoms with Gasteiger partial charge in [-0.1, -0.05) is 68.8 Å². The molecule has 0 aliphatic carbocycles. The molecule has 6 heteroatoms. The summed E-state index contributed by atoms with van der Waals surface area (Å²) in [5.41, 5.74) is 1.17. The predicted octanol–water partition coefficient (Wildman–Crippen LogP) is 2.65. The van der Waals surface area contributed by atoms with Crippen molar-refractivity contribution >= 4 is 23.4 Å². The molecule has 30 heavy (non-hydrogen) atoms. The van der Waals surface area contributed by atoms with Crippen LogP contribution in [0.15, 0.2) is 54.6 Å². The summed E-state index contributed by atoms with van der Waals surface area (Å²) < 4.78 is 0. The monoisotopic (exact) mass is 403 g/mol. The lowest BCUT2D eigenvalue weighted by molar-refractivity contribution is -0.143. The van der Waals surface area contributed by atoms with E-state index >= 15 is 0 Å². The highest BCUT2D eigenvalue weighted by atomic mass is 16.2. The van der Waals surface area contributed by atoms with Crippen LogP contribution in [0.2, 0.25) is 0 Å². The Kier molecular flexibility index (Phi) is 4.29. The van der Waals surface area contributed by atoms with Crippen molar-refractivity contribution in [3.8, 4) is 0 Å². The molecule has 154 valence electrons. The van der Waals surface area contributed by atoms with Gasteiger partial charge in [-0.2, -0.15) is 0 Å². The van der Waals surface area contributed by atoms with Gasteiger partial charge >= 0.3 is 0 Å². The molecule has 3 amide bonds. The smallest absolute Gasteiger partial charge is 0.250 e. The van der Waals surface area contributed by atoms with Crippen LogP contribution in [0.1, 0.15) is 31.4 Å². The third kappa shape index (κ3) is 2.43. The molecule has 0 bridgehead atoms. The molecule has 5 rings (SSSR count). The van der Waals surface area contributed by atoms with E-state index in [0.29, 0.717) is 5.69 Å². The predicted molar refractivity (Wildman–Crippen MR) is 112 cm³/mol. The molecular formula is C24H25N3O3. The zero-order chi connectivity index (χ0) is 21.0. The average Bonchev–Trinajstić information content (AvgIpc) is 3.35. The summed E-state index contributed by atoms with van der Waals surface area (Å²) in [6.45, 7) is 4.38. The number of carbonyl (C=O) groups excluding carboxylic acids is 3. The number of imide groups is 1. The average molecular weight is 403 g/mol. The van der Waals surface area contributed by atoms with Crippen molar-refractivity contribution in [2.75, 3.05) is 5.32 Å². The zero-order valence-corrected chi connectivity index (χ0v) is 17.1. The van der Waals surface area contributed by atoms with Crippen LogP contribution in [-0.4, -0.2) is 28.7 Å². The molecule has 0 aromatic heterocycles. The van der Waals surface area contributed by atoms with Crippen LogP contribution in [0.25, 0.3) is 0 Å². The lowest BCUT2D eigenvalue weighted by Gasteiger charge is -2.30. The van der Waals surface area contributed by atoms with Crippen LogP contribution < -0.4 is 10.6 Å². The van der Waals surface area contributed by atoms with Gasteiger partial charge in [0.2, 0.25) is 17.7 Å². The Morgan fingerprint density at radius 2 is 1.70 bits per heavy atom. The van der Waals surface area contributed by atoms with E-state index in [0.717, 1.165) is 17.5 Å². The van der Waals surface area contributed by atoms with Crippen molar-refractivity contribution < 1.29 is 14.4 Å². The minimum Gasteiger partial charge on any atom is -0.324 e. The maximum atomic E-state index is 13.7. The molecule has 1 spiro atoms. The van der Waals surface area contributed by atoms with E-state index in [1.807, 2.05) is 54.6 Å². The lowest BCUT2D eigenvalue weighted by Crippen LogP contribution is -2.54. The molecule has 2 fully saturated rings. The van der Waals surface area contributed by atoms with Crippen molar-refractivity contribution in [3.63, 3.8) is 0 Å². The first-order valence-electron chi connectivity index (χ1n) is 10.6. The normalized spacial score (nSPS) is 30.5. The summed E-state index contributed by atoms with van der Waals surface area (Å²) in [5, 5.41) is 6.43. The summed E-state index contributed by atoms with van der Waals surface area (Å²) >= 11 is 0. The largest absolute Gasteiger partial charge is 0.324 e. The first-order valence-corrected chi connectivity index (χ1v) is 10.6. The molecule has 5 atom stereocenters. The highest BCUT2D eigenvalue weighted by molar-refractivity contribution is 6.15. The summed E-state index contributed by atoms with van der Waals surface area (Å²) in [7, 11) is 0. The molecular weight excluding hydrogens is 378 g/mol. The number of carbonyl (C=O) groups is 3. The molecule has 2 N–H and O–H groups in total. The topological polar surface area (TPSA) is 78.5 Å². The van der Waals surface area contributed by atoms with Gasteiger partial charge in [0.15, 0.2) is 0 Å². The first kappa shape index (κ1) is 19.0. The summed E-state index contributed by atoms with van der Waals surface area (Å²) in [6, 6.07) is 16.7. The Morgan fingerprint density at radius 3 is 2.43 bits per heavy atom. The van der Waals surface area contributed by atoms with E-state index < -0.39 is 17.4 Å². The van der Waals surface area contributed by atoms with E-state index in [-0.39, 0.29) is 36.2 Å². The third-order valence-corrected chi connectivity index (χ3v) is 7.09. The van der Waals surface area contributed by atoms with Crippen molar-refractivity contribution in [2.45, 2.75) is 38.4 Å². The fourth-order valence-corrected chi connectivity index (χ4v) is 5.41. The van der Waals surface area contributed by atoms with Gasteiger partial charge in [-0.3, -0.25) is 24.6 Å². The Hall–Kier alpha value is -2.99. The molecule has 2 saturated heterocycles. The molecule has 0 radical (unpaired) electrons. The van der Waals surface area contributed by atoms with Crippen molar-refractivity contribution in [2.24, 2.45) is 17.8 Å². The van der Waals surface area contributed by atoms with Crippen molar-refractivity contribution in [1.29, 1.82) is 0 Å². The second-order valence-corrected chi connectivity index (χ2v) is 8.62. The molecule has 2 aromatic rings. The van der Waals surface area contributed by atoms with Gasteiger partial charge in [-0.25, -0.2) is 0 Å². The maximum Gasteiger partial charge on any atom is 0.250 e. The van der Waals surface area contributed by atoms with Crippen molar-refractivity contribution in [3.05, 3.63) is 65.7 Å². The fourth-order valence-electron chi connectivity index (χ4n) is 5.41. The Balaban J connectivity index is 1.62. The van der Waals surface area contributed by atoms with Crippen LogP contribution in [-0.2, 0) is 26.5 Å². The van der Waals surface area contributed by atoms with E-state index in [2.05, 4.69) is 24.5 Å². The lowest BCUT2D eigenvalue weighted by atomic mass is 9.75. The van der Waals surface area contributed by atoms with Gasteiger partial charge in [-0.05, 0) is 17.5 Å². The number of anilines is 1. The summed E-state index contributed by atoms with van der Waals surface area (Å²) in [6.07, 6.45) is 0.848. The second-order valence-electron chi connectivity index (χ2n) is 8.62. The number of rotatable bonds is 4. The summed E-state index contributed by atoms with van der Waals surface area (Å²) in [5.74, 6) is -1.83. The number of likely N-dealkylation sites (tertiary alicyclic amines) is 1. The minimum atomic E-state index is -1.20. The number of nitrogens with zero attached hydrogens (tertiary/aromatic N) is 1. The minimum absolute atomic E-state index is 0.144. The van der Waals surface area contributed by atoms with Gasteiger partial charge in [0.05, 0.1) is 18.4 Å². The maximum absolute atomic E-state index is 13.7. The van der Waals surface area contributed by atoms with E-state index in [1.165, 1.54) is 4.90 Å². The number of amides is 3. The van der Waals surface area contributed by atoms with Gasteiger partial charge < -0.3 is 5.32 Å². The summed E-state index contributed by atoms with van der Waals surface area (Å²) in [4.78, 5) is 41.9. The Labute approximate surface area is 175 Å². The van der Waals surface area contributed by atoms with Gasteiger partial charge in [-0.15, -0.1) is 0 Å². The number of benzene rings is 2. The fraction of sp³-hybridized carbons (Fsp3) is 0.375.